The highest BCUT2D eigenvalue weighted by Crippen LogP contribution is 2.24. The molecule has 12 heteroatoms. The maximum absolute atomic E-state index is 13.1. The van der Waals surface area contributed by atoms with Gasteiger partial charge in [0.05, 0.1) is 28.4 Å². The van der Waals surface area contributed by atoms with E-state index in [1.54, 1.807) is 20.3 Å². The fraction of sp³-hybridized carbons (Fsp3) is 0.522. The van der Waals surface area contributed by atoms with Crippen molar-refractivity contribution in [2.24, 2.45) is 0 Å². The number of nitrogens with one attached hydrogen (secondary N) is 2. The van der Waals surface area contributed by atoms with Gasteiger partial charge in [0.1, 0.15) is 17.5 Å². The molecular formula is C23H32N6O6. The Morgan fingerprint density at radius 3 is 2.00 bits per heavy atom. The van der Waals surface area contributed by atoms with Crippen LogP contribution in [-0.4, -0.2) is 80.4 Å². The van der Waals surface area contributed by atoms with E-state index in [9.17, 15) is 9.59 Å². The smallest absolute Gasteiger partial charge is 0.324 e. The van der Waals surface area contributed by atoms with Gasteiger partial charge in [-0.05, 0) is 30.5 Å². The predicted molar refractivity (Wildman–Crippen MR) is 127 cm³/mol. The third-order valence-corrected chi connectivity index (χ3v) is 5.62. The molecule has 35 heavy (non-hydrogen) atoms. The molecule has 0 radical (unpaired) electrons. The quantitative estimate of drug-likeness (QED) is 0.493. The van der Waals surface area contributed by atoms with Gasteiger partial charge in [-0.25, -0.2) is 0 Å². The van der Waals surface area contributed by atoms with Crippen molar-refractivity contribution >= 4 is 17.8 Å². The average Bonchev–Trinajstić information content (AvgIpc) is 2.87. The average molecular weight is 489 g/mol. The molecule has 1 saturated heterocycles. The second-order valence-electron chi connectivity index (χ2n) is 8.06. The molecule has 2 aromatic rings. The Hall–Kier alpha value is -3.83. The highest BCUT2D eigenvalue weighted by molar-refractivity contribution is 5.87. The number of methoxy groups -OCH3 is 4. The first-order valence-electron chi connectivity index (χ1n) is 11.2. The summed E-state index contributed by atoms with van der Waals surface area (Å²) in [6.07, 6.45) is 1.66. The largest absolute Gasteiger partial charge is 0.497 e. The molecule has 190 valence electrons. The van der Waals surface area contributed by atoms with Gasteiger partial charge in [-0.15, -0.1) is 4.98 Å². The molecular weight excluding hydrogens is 456 g/mol. The van der Waals surface area contributed by atoms with Gasteiger partial charge >= 0.3 is 12.0 Å². The first-order valence-corrected chi connectivity index (χ1v) is 11.2. The number of ether oxygens (including phenoxy) is 4. The summed E-state index contributed by atoms with van der Waals surface area (Å²) in [5, 5.41) is 5.83. The van der Waals surface area contributed by atoms with E-state index < -0.39 is 6.04 Å². The SMILES string of the molecule is COc1cc(C[C@H](NC(C)=O)C(=O)NC2CCN(c3nc(OC)nc(OC)n3)CC2)cc(OC)c1. The summed E-state index contributed by atoms with van der Waals surface area (Å²) in [5.74, 6) is 1.15. The maximum Gasteiger partial charge on any atom is 0.324 e. The van der Waals surface area contributed by atoms with Crippen LogP contribution in [0.5, 0.6) is 23.5 Å². The number of anilines is 1. The zero-order valence-corrected chi connectivity index (χ0v) is 20.7. The van der Waals surface area contributed by atoms with E-state index in [2.05, 4.69) is 25.6 Å². The number of carbonyl (C=O) groups is 2. The molecule has 1 aromatic carbocycles. The lowest BCUT2D eigenvalue weighted by atomic mass is 10.0. The second-order valence-corrected chi connectivity index (χ2v) is 8.06. The van der Waals surface area contributed by atoms with E-state index in [-0.39, 0.29) is 29.9 Å². The number of hydrogen-bond donors (Lipinski definition) is 2. The van der Waals surface area contributed by atoms with Crippen molar-refractivity contribution < 1.29 is 28.5 Å². The van der Waals surface area contributed by atoms with Crippen LogP contribution in [0.3, 0.4) is 0 Å². The lowest BCUT2D eigenvalue weighted by Gasteiger charge is -2.33. The van der Waals surface area contributed by atoms with Crippen molar-refractivity contribution in [1.82, 2.24) is 25.6 Å². The van der Waals surface area contributed by atoms with Crippen molar-refractivity contribution in [2.75, 3.05) is 46.4 Å². The van der Waals surface area contributed by atoms with Crippen LogP contribution >= 0.6 is 0 Å². The van der Waals surface area contributed by atoms with E-state index in [0.29, 0.717) is 49.8 Å². The number of amides is 2. The Bertz CT molecular complexity index is 983. The van der Waals surface area contributed by atoms with Gasteiger partial charge in [0.15, 0.2) is 0 Å². The fourth-order valence-corrected chi connectivity index (χ4v) is 3.85. The highest BCUT2D eigenvalue weighted by Gasteiger charge is 2.27. The van der Waals surface area contributed by atoms with Crippen molar-refractivity contribution in [2.45, 2.75) is 38.3 Å². The van der Waals surface area contributed by atoms with Gasteiger partial charge in [-0.1, -0.05) is 0 Å². The van der Waals surface area contributed by atoms with Gasteiger partial charge in [0.25, 0.3) is 0 Å². The van der Waals surface area contributed by atoms with E-state index in [4.69, 9.17) is 18.9 Å². The minimum Gasteiger partial charge on any atom is -0.497 e. The Labute approximate surface area is 204 Å². The molecule has 1 aliphatic heterocycles. The third-order valence-electron chi connectivity index (χ3n) is 5.62. The summed E-state index contributed by atoms with van der Waals surface area (Å²) in [7, 11) is 6.08. The fourth-order valence-electron chi connectivity index (χ4n) is 3.85. The first-order chi connectivity index (χ1) is 16.8. The molecule has 1 aliphatic rings. The third kappa shape index (κ3) is 7.08. The van der Waals surface area contributed by atoms with Gasteiger partial charge in [-0.2, -0.15) is 9.97 Å². The van der Waals surface area contributed by atoms with Crippen LogP contribution in [0.4, 0.5) is 5.95 Å². The van der Waals surface area contributed by atoms with Crippen LogP contribution in [0.1, 0.15) is 25.3 Å². The number of carbonyl (C=O) groups excluding carboxylic acids is 2. The Morgan fingerprint density at radius 1 is 0.943 bits per heavy atom. The number of nitrogens with zero attached hydrogens (tertiary/aromatic N) is 4. The Balaban J connectivity index is 1.64. The zero-order valence-electron chi connectivity index (χ0n) is 20.7. The Morgan fingerprint density at radius 2 is 1.51 bits per heavy atom. The predicted octanol–water partition coefficient (Wildman–Crippen LogP) is 0.738. The number of piperidine rings is 1. The molecule has 1 aromatic heterocycles. The van der Waals surface area contributed by atoms with Crippen LogP contribution < -0.4 is 34.5 Å². The molecule has 1 atom stereocenters. The van der Waals surface area contributed by atoms with Crippen LogP contribution in [0.15, 0.2) is 18.2 Å². The second kappa shape index (κ2) is 12.0. The molecule has 2 amide bonds. The van der Waals surface area contributed by atoms with E-state index in [0.717, 1.165) is 5.56 Å². The molecule has 0 spiro atoms. The van der Waals surface area contributed by atoms with E-state index >= 15 is 0 Å². The molecule has 0 saturated carbocycles. The zero-order chi connectivity index (χ0) is 25.4. The topological polar surface area (TPSA) is 137 Å². The van der Waals surface area contributed by atoms with Crippen molar-refractivity contribution in [3.05, 3.63) is 23.8 Å². The van der Waals surface area contributed by atoms with Crippen molar-refractivity contribution in [3.63, 3.8) is 0 Å². The summed E-state index contributed by atoms with van der Waals surface area (Å²) in [6, 6.07) is 4.95. The normalized spacial score (nSPS) is 14.6. The lowest BCUT2D eigenvalue weighted by Crippen LogP contribution is -2.52. The van der Waals surface area contributed by atoms with Gasteiger partial charge in [0, 0.05) is 38.5 Å². The number of benzene rings is 1. The van der Waals surface area contributed by atoms with Gasteiger partial charge < -0.3 is 34.5 Å². The summed E-state index contributed by atoms with van der Waals surface area (Å²) >= 11 is 0. The number of aromatic nitrogens is 3. The maximum atomic E-state index is 13.1. The molecule has 2 heterocycles. The molecule has 3 rings (SSSR count). The van der Waals surface area contributed by atoms with Gasteiger partial charge in [0.2, 0.25) is 17.8 Å². The Kier molecular flexibility index (Phi) is 8.87. The lowest BCUT2D eigenvalue weighted by molar-refractivity contribution is -0.128. The molecule has 12 nitrogen and oxygen atoms in total. The first kappa shape index (κ1) is 25.8. The van der Waals surface area contributed by atoms with E-state index in [1.807, 2.05) is 17.0 Å². The summed E-state index contributed by atoms with van der Waals surface area (Å²) in [4.78, 5) is 39.5. The van der Waals surface area contributed by atoms with Crippen LogP contribution in [0, 0.1) is 0 Å². The molecule has 0 aliphatic carbocycles. The standard InChI is InChI=1S/C23H32N6O6/c1-14(30)24-19(12-15-10-17(32-2)13-18(11-15)33-3)20(31)25-16-6-8-29(9-7-16)21-26-22(34-4)28-23(27-21)35-5/h10-11,13,16,19H,6-9,12H2,1-5H3,(H,24,30)(H,25,31)/t19-/m0/s1. The minimum atomic E-state index is -0.737. The van der Waals surface area contributed by atoms with Gasteiger partial charge in [-0.3, -0.25) is 9.59 Å². The summed E-state index contributed by atoms with van der Waals surface area (Å²) < 4.78 is 20.9. The number of rotatable bonds is 10. The van der Waals surface area contributed by atoms with Crippen LogP contribution in [0.2, 0.25) is 0 Å². The van der Waals surface area contributed by atoms with Crippen LogP contribution in [-0.2, 0) is 16.0 Å². The highest BCUT2D eigenvalue weighted by atomic mass is 16.5. The summed E-state index contributed by atoms with van der Waals surface area (Å²) in [6.45, 7) is 2.64. The van der Waals surface area contributed by atoms with E-state index in [1.165, 1.54) is 21.1 Å². The molecule has 0 bridgehead atoms. The summed E-state index contributed by atoms with van der Waals surface area (Å²) in [5.41, 5.74) is 0.808. The monoisotopic (exact) mass is 488 g/mol. The molecule has 2 N–H and O–H groups in total. The van der Waals surface area contributed by atoms with Crippen molar-refractivity contribution in [3.8, 4) is 23.5 Å². The number of hydrogen-bond acceptors (Lipinski definition) is 10. The van der Waals surface area contributed by atoms with Crippen molar-refractivity contribution in [1.29, 1.82) is 0 Å². The minimum absolute atomic E-state index is 0.0551. The van der Waals surface area contributed by atoms with Crippen LogP contribution in [0.25, 0.3) is 0 Å². The molecule has 1 fully saturated rings. The molecule has 0 unspecified atom stereocenters.